The minimum absolute atomic E-state index is 0. The molecule has 1 atom stereocenters. The van der Waals surface area contributed by atoms with Gasteiger partial charge in [-0.1, -0.05) is 30.3 Å². The number of ether oxygens (including phenoxy) is 2. The van der Waals surface area contributed by atoms with Crippen molar-refractivity contribution in [2.45, 2.75) is 39.0 Å². The normalized spacial score (nSPS) is 16.0. The predicted octanol–water partition coefficient (Wildman–Crippen LogP) is 2.77. The average Bonchev–Trinajstić information content (AvgIpc) is 3.28. The molecule has 0 spiro atoms. The largest absolute Gasteiger partial charge is 0.379 e. The van der Waals surface area contributed by atoms with E-state index in [0.717, 1.165) is 62.8 Å². The number of halogens is 1. The van der Waals surface area contributed by atoms with E-state index < -0.39 is 0 Å². The summed E-state index contributed by atoms with van der Waals surface area (Å²) in [6, 6.07) is 13.4. The van der Waals surface area contributed by atoms with Crippen LogP contribution in [0.5, 0.6) is 0 Å². The molecule has 0 radical (unpaired) electrons. The van der Waals surface area contributed by atoms with Gasteiger partial charge in [-0.05, 0) is 37.0 Å². The molecule has 1 fully saturated rings. The second-order valence-corrected chi connectivity index (χ2v) is 7.32. The van der Waals surface area contributed by atoms with Gasteiger partial charge in [-0.15, -0.1) is 24.0 Å². The molecule has 0 aliphatic carbocycles. The molecule has 1 saturated heterocycles. The Balaban J connectivity index is 0.00000341. The third-order valence-corrected chi connectivity index (χ3v) is 4.89. The van der Waals surface area contributed by atoms with Gasteiger partial charge in [-0.25, -0.2) is 4.99 Å². The zero-order valence-corrected chi connectivity index (χ0v) is 20.4. The first-order valence-corrected chi connectivity index (χ1v) is 10.7. The Kier molecular flexibility index (Phi) is 11.6. The molecule has 0 bridgehead atoms. The fraction of sp³-hybridized carbons (Fsp3) is 0.478. The molecule has 7 nitrogen and oxygen atoms in total. The number of aromatic nitrogens is 1. The molecule has 1 aliphatic rings. The van der Waals surface area contributed by atoms with Gasteiger partial charge in [0.2, 0.25) is 0 Å². The third-order valence-electron chi connectivity index (χ3n) is 4.89. The van der Waals surface area contributed by atoms with Crippen LogP contribution in [0, 0.1) is 0 Å². The van der Waals surface area contributed by atoms with Crippen LogP contribution in [0.4, 0.5) is 0 Å². The monoisotopic (exact) mass is 540 g/mol. The van der Waals surface area contributed by atoms with Crippen LogP contribution >= 0.6 is 24.0 Å². The molecule has 0 amide bonds. The second kappa shape index (κ2) is 14.2. The number of rotatable bonds is 10. The summed E-state index contributed by atoms with van der Waals surface area (Å²) in [6.45, 7) is 7.10. The van der Waals surface area contributed by atoms with Gasteiger partial charge >= 0.3 is 0 Å². The van der Waals surface area contributed by atoms with Gasteiger partial charge in [0.25, 0.3) is 5.56 Å². The maximum Gasteiger partial charge on any atom is 0.250 e. The summed E-state index contributed by atoms with van der Waals surface area (Å²) in [6.07, 6.45) is 3.99. The Morgan fingerprint density at radius 1 is 1.19 bits per heavy atom. The van der Waals surface area contributed by atoms with Gasteiger partial charge in [-0.2, -0.15) is 0 Å². The number of benzene rings is 1. The number of aliphatic imine (C=N–C) groups is 1. The van der Waals surface area contributed by atoms with Crippen LogP contribution in [0.25, 0.3) is 0 Å². The van der Waals surface area contributed by atoms with Crippen molar-refractivity contribution in [1.29, 1.82) is 0 Å². The minimum atomic E-state index is 0. The maximum atomic E-state index is 11.8. The smallest absolute Gasteiger partial charge is 0.250 e. The minimum Gasteiger partial charge on any atom is -0.379 e. The maximum absolute atomic E-state index is 11.8. The van der Waals surface area contributed by atoms with Crippen molar-refractivity contribution in [1.82, 2.24) is 15.2 Å². The first-order chi connectivity index (χ1) is 14.7. The molecular formula is C23H33IN4O3. The summed E-state index contributed by atoms with van der Waals surface area (Å²) >= 11 is 0. The lowest BCUT2D eigenvalue weighted by molar-refractivity contribution is 0.0420. The van der Waals surface area contributed by atoms with E-state index in [1.165, 1.54) is 0 Å². The molecule has 1 aromatic heterocycles. The lowest BCUT2D eigenvalue weighted by atomic mass is 10.1. The number of hydrogen-bond donors (Lipinski definition) is 2. The molecule has 2 aromatic rings. The van der Waals surface area contributed by atoms with E-state index in [-0.39, 0.29) is 35.6 Å². The van der Waals surface area contributed by atoms with E-state index in [1.807, 2.05) is 12.3 Å². The standard InChI is InChI=1S/C23H32N4O3.HI/c1-2-24-23(25-12-5-14-30-21-11-15-29-18-21)26-16-19-7-9-20(10-8-19)17-27-13-4-3-6-22(27)28;/h3-4,6-10,13,21H,2,5,11-12,14-18H2,1H3,(H2,24,25,26);1H. The molecule has 8 heteroatoms. The number of guanidine groups is 1. The molecule has 3 rings (SSSR count). The van der Waals surface area contributed by atoms with Gasteiger partial charge in [-0.3, -0.25) is 4.79 Å². The first kappa shape index (κ1) is 25.4. The highest BCUT2D eigenvalue weighted by Crippen LogP contribution is 2.08. The molecule has 1 unspecified atom stereocenters. The number of nitrogens with zero attached hydrogens (tertiary/aromatic N) is 2. The Hall–Kier alpha value is -1.91. The molecular weight excluding hydrogens is 507 g/mol. The topological polar surface area (TPSA) is 76.9 Å². The van der Waals surface area contributed by atoms with E-state index >= 15 is 0 Å². The van der Waals surface area contributed by atoms with E-state index in [0.29, 0.717) is 13.1 Å². The van der Waals surface area contributed by atoms with Crippen LogP contribution in [-0.4, -0.2) is 49.5 Å². The fourth-order valence-corrected chi connectivity index (χ4v) is 3.22. The van der Waals surface area contributed by atoms with Crippen molar-refractivity contribution in [2.75, 3.05) is 32.9 Å². The summed E-state index contributed by atoms with van der Waals surface area (Å²) in [5.41, 5.74) is 2.23. The summed E-state index contributed by atoms with van der Waals surface area (Å²) < 4.78 is 12.8. The molecule has 170 valence electrons. The molecule has 2 heterocycles. The number of pyridine rings is 1. The van der Waals surface area contributed by atoms with Crippen molar-refractivity contribution in [3.8, 4) is 0 Å². The molecule has 31 heavy (non-hydrogen) atoms. The fourth-order valence-electron chi connectivity index (χ4n) is 3.22. The van der Waals surface area contributed by atoms with Gasteiger partial charge in [0.15, 0.2) is 5.96 Å². The lowest BCUT2D eigenvalue weighted by Crippen LogP contribution is -2.38. The van der Waals surface area contributed by atoms with Crippen LogP contribution < -0.4 is 16.2 Å². The Labute approximate surface area is 201 Å². The van der Waals surface area contributed by atoms with Gasteiger partial charge < -0.3 is 24.7 Å². The lowest BCUT2D eigenvalue weighted by Gasteiger charge is -2.13. The van der Waals surface area contributed by atoms with Crippen molar-refractivity contribution in [3.63, 3.8) is 0 Å². The van der Waals surface area contributed by atoms with Crippen molar-refractivity contribution in [2.24, 2.45) is 4.99 Å². The molecule has 1 aliphatic heterocycles. The Bertz CT molecular complexity index is 848. The van der Waals surface area contributed by atoms with E-state index in [9.17, 15) is 4.79 Å². The van der Waals surface area contributed by atoms with Crippen molar-refractivity contribution >= 4 is 29.9 Å². The van der Waals surface area contributed by atoms with Gasteiger partial charge in [0.05, 0.1) is 25.8 Å². The molecule has 1 aromatic carbocycles. The van der Waals surface area contributed by atoms with E-state index in [2.05, 4.69) is 46.8 Å². The number of hydrogen-bond acceptors (Lipinski definition) is 4. The first-order valence-electron chi connectivity index (χ1n) is 10.7. The third kappa shape index (κ3) is 9.00. The summed E-state index contributed by atoms with van der Waals surface area (Å²) in [7, 11) is 0. The Morgan fingerprint density at radius 2 is 2.00 bits per heavy atom. The highest BCUT2D eigenvalue weighted by Gasteiger charge is 2.15. The van der Waals surface area contributed by atoms with Gasteiger partial charge in [0, 0.05) is 38.6 Å². The van der Waals surface area contributed by atoms with E-state index in [4.69, 9.17) is 9.47 Å². The van der Waals surface area contributed by atoms with Crippen LogP contribution in [0.3, 0.4) is 0 Å². The molecule has 2 N–H and O–H groups in total. The average molecular weight is 540 g/mol. The van der Waals surface area contributed by atoms with Crippen LogP contribution in [0.2, 0.25) is 0 Å². The van der Waals surface area contributed by atoms with Gasteiger partial charge in [0.1, 0.15) is 0 Å². The molecule has 0 saturated carbocycles. The quantitative estimate of drug-likeness (QED) is 0.210. The second-order valence-electron chi connectivity index (χ2n) is 7.32. The van der Waals surface area contributed by atoms with Crippen LogP contribution in [-0.2, 0) is 22.6 Å². The van der Waals surface area contributed by atoms with Crippen LogP contribution in [0.15, 0.2) is 58.4 Å². The summed E-state index contributed by atoms with van der Waals surface area (Å²) in [5, 5.41) is 6.63. The van der Waals surface area contributed by atoms with Crippen molar-refractivity contribution in [3.05, 3.63) is 70.1 Å². The van der Waals surface area contributed by atoms with E-state index in [1.54, 1.807) is 16.7 Å². The summed E-state index contributed by atoms with van der Waals surface area (Å²) in [5.74, 6) is 0.807. The predicted molar refractivity (Wildman–Crippen MR) is 134 cm³/mol. The number of nitrogens with one attached hydrogen (secondary N) is 2. The van der Waals surface area contributed by atoms with Crippen LogP contribution in [0.1, 0.15) is 30.9 Å². The van der Waals surface area contributed by atoms with Crippen molar-refractivity contribution < 1.29 is 9.47 Å². The summed E-state index contributed by atoms with van der Waals surface area (Å²) in [4.78, 5) is 16.5. The Morgan fingerprint density at radius 3 is 2.71 bits per heavy atom. The highest BCUT2D eigenvalue weighted by molar-refractivity contribution is 14.0. The highest BCUT2D eigenvalue weighted by atomic mass is 127. The zero-order chi connectivity index (χ0) is 21.0. The zero-order valence-electron chi connectivity index (χ0n) is 18.1. The SMILES string of the molecule is CCNC(=NCc1ccc(Cn2ccccc2=O)cc1)NCCCOC1CCOC1.I.